The van der Waals surface area contributed by atoms with Crippen LogP contribution in [0.3, 0.4) is 0 Å². The molecule has 0 amide bonds. The van der Waals surface area contributed by atoms with Crippen molar-refractivity contribution < 1.29 is 33.5 Å². The predicted molar refractivity (Wildman–Crippen MR) is 199 cm³/mol. The van der Waals surface area contributed by atoms with E-state index in [0.29, 0.717) is 19.1 Å². The second-order valence-corrected chi connectivity index (χ2v) is 12.9. The van der Waals surface area contributed by atoms with E-state index in [9.17, 15) is 9.59 Å². The van der Waals surface area contributed by atoms with Gasteiger partial charge in [0.15, 0.2) is 11.6 Å². The number of aromatic nitrogens is 2. The Hall–Kier alpha value is -4.30. The fourth-order valence-corrected chi connectivity index (χ4v) is 4.69. The van der Waals surface area contributed by atoms with E-state index in [-0.39, 0.29) is 45.3 Å². The highest BCUT2D eigenvalue weighted by molar-refractivity contribution is 7.26. The van der Waals surface area contributed by atoms with Crippen molar-refractivity contribution in [1.29, 1.82) is 0 Å². The number of H-pyrrole nitrogens is 1. The Morgan fingerprint density at radius 3 is 2.26 bits per heavy atom. The quantitative estimate of drug-likeness (QED) is 0.0465. The topological polar surface area (TPSA) is 222 Å². The van der Waals surface area contributed by atoms with Gasteiger partial charge in [0.25, 0.3) is 5.56 Å². The predicted octanol–water partition coefficient (Wildman–Crippen LogP) is 4.30. The minimum absolute atomic E-state index is 0.0000941. The first-order valence-electron chi connectivity index (χ1n) is 15.9. The smallest absolute Gasteiger partial charge is 0.322 e. The summed E-state index contributed by atoms with van der Waals surface area (Å²) >= 11 is 0. The first kappa shape index (κ1) is 41.9. The lowest BCUT2D eigenvalue weighted by atomic mass is 10.1. The second-order valence-electron chi connectivity index (χ2n) is 12.3. The molecule has 1 heterocycles. The molecule has 3 atom stereocenters. The van der Waals surface area contributed by atoms with Gasteiger partial charge in [-0.25, -0.2) is 0 Å². The summed E-state index contributed by atoms with van der Waals surface area (Å²) in [7, 11) is 1.57. The van der Waals surface area contributed by atoms with E-state index in [1.54, 1.807) is 18.9 Å². The molecule has 1 aromatic heterocycles. The first-order chi connectivity index (χ1) is 23.5. The molecule has 15 heteroatoms. The van der Waals surface area contributed by atoms with Crippen molar-refractivity contribution in [2.75, 3.05) is 36.8 Å². The number of anilines is 3. The van der Waals surface area contributed by atoms with E-state index in [4.69, 9.17) is 45.9 Å². The van der Waals surface area contributed by atoms with Gasteiger partial charge in [0, 0.05) is 12.4 Å². The Labute approximate surface area is 294 Å². The molecule has 3 unspecified atom stereocenters. The van der Waals surface area contributed by atoms with Crippen LogP contribution in [-0.2, 0) is 25.4 Å². The molecule has 3 aromatic carbocycles. The molecule has 0 aliphatic heterocycles. The monoisotopic (exact) mass is 714 g/mol. The molecular formula is C35H51N6O8P. The summed E-state index contributed by atoms with van der Waals surface area (Å²) in [5.74, 6) is -0.397. The third-order valence-corrected chi connectivity index (χ3v) is 6.97. The number of carbonyl (C=O) groups excluding carboxylic acids is 1. The Balaban J connectivity index is 0.000000396. The third-order valence-electron chi connectivity index (χ3n) is 6.38. The lowest BCUT2D eigenvalue weighted by Gasteiger charge is -2.25. The van der Waals surface area contributed by atoms with Crippen LogP contribution in [0.25, 0.3) is 10.8 Å². The lowest BCUT2D eigenvalue weighted by molar-refractivity contribution is -0.146. The van der Waals surface area contributed by atoms with Crippen LogP contribution < -0.4 is 32.2 Å². The van der Waals surface area contributed by atoms with E-state index in [1.807, 2.05) is 72.8 Å². The van der Waals surface area contributed by atoms with Crippen molar-refractivity contribution in [3.05, 3.63) is 88.7 Å². The average molecular weight is 715 g/mol. The third kappa shape index (κ3) is 16.4. The molecule has 4 aromatic rings. The van der Waals surface area contributed by atoms with Crippen LogP contribution in [0.4, 0.5) is 17.5 Å². The van der Waals surface area contributed by atoms with E-state index in [0.717, 1.165) is 28.5 Å². The van der Waals surface area contributed by atoms with Crippen molar-refractivity contribution >= 4 is 43.2 Å². The molecular weight excluding hydrogens is 663 g/mol. The summed E-state index contributed by atoms with van der Waals surface area (Å²) in [5.41, 5.74) is 17.3. The second kappa shape index (κ2) is 21.0. The zero-order valence-corrected chi connectivity index (χ0v) is 30.5. The number of aliphatic hydroxyl groups is 2. The van der Waals surface area contributed by atoms with Crippen LogP contribution in [0.15, 0.2) is 77.6 Å². The summed E-state index contributed by atoms with van der Waals surface area (Å²) in [6.07, 6.45) is 0.633. The minimum atomic E-state index is -1.50. The van der Waals surface area contributed by atoms with Gasteiger partial charge < -0.3 is 50.8 Å². The van der Waals surface area contributed by atoms with Gasteiger partial charge >= 0.3 is 5.97 Å². The van der Waals surface area contributed by atoms with E-state index < -0.39 is 17.4 Å². The normalized spacial score (nSPS) is 12.4. The van der Waals surface area contributed by atoms with E-state index >= 15 is 0 Å². The van der Waals surface area contributed by atoms with Gasteiger partial charge in [-0.05, 0) is 50.1 Å². The molecule has 0 saturated carbocycles. The maximum absolute atomic E-state index is 11.8. The number of nitrogens with zero attached hydrogens (tertiary/aromatic N) is 2. The highest BCUT2D eigenvalue weighted by Crippen LogP contribution is 2.30. The summed E-state index contributed by atoms with van der Waals surface area (Å²) < 4.78 is 22.6. The molecule has 14 nitrogen and oxygen atoms in total. The number of ether oxygens (including phenoxy) is 2. The molecule has 0 radical (unpaired) electrons. The molecule has 0 spiro atoms. The Bertz CT molecular complexity index is 1640. The van der Waals surface area contributed by atoms with Gasteiger partial charge in [-0.15, -0.1) is 0 Å². The molecule has 9 N–H and O–H groups in total. The molecule has 0 bridgehead atoms. The number of carbonyl (C=O) groups is 1. The molecule has 274 valence electrons. The standard InChI is InChI=1S/C22H30N5O4P.C10H13NO2.C3H8O2/c1-14(2)11-16(29-13-27(3)20-19(23)21(28)26-22(24)25-20)12-30-32-31-18-10-6-8-15-7-4-5-9-17(15)18;1-8(11)10(12)13-7-9-5-3-2-4-6-9;1-3(2,4)5/h4-10,14,16,32H,11-13,23H2,1-3H3,(H3,24,25,26,28);2-6,8H,7,11H2,1H3;4-5H,1-2H3. The zero-order chi connectivity index (χ0) is 37.3. The minimum Gasteiger partial charge on any atom is -0.460 e. The number of aromatic amines is 1. The van der Waals surface area contributed by atoms with Crippen LogP contribution in [0.5, 0.6) is 5.75 Å². The molecule has 4 rings (SSSR count). The number of benzene rings is 3. The fourth-order valence-electron chi connectivity index (χ4n) is 4.11. The lowest BCUT2D eigenvalue weighted by Crippen LogP contribution is -2.31. The van der Waals surface area contributed by atoms with Crippen LogP contribution in [0, 0.1) is 5.92 Å². The van der Waals surface area contributed by atoms with Crippen LogP contribution >= 0.6 is 9.03 Å². The van der Waals surface area contributed by atoms with Gasteiger partial charge in [0.05, 0.1) is 12.7 Å². The summed E-state index contributed by atoms with van der Waals surface area (Å²) in [4.78, 5) is 30.9. The molecule has 0 aliphatic rings. The molecule has 0 saturated heterocycles. The number of fused-ring (bicyclic) bond motifs is 1. The van der Waals surface area contributed by atoms with Crippen LogP contribution in [-0.4, -0.2) is 64.5 Å². The first-order valence-corrected chi connectivity index (χ1v) is 16.8. The highest BCUT2D eigenvalue weighted by Gasteiger charge is 2.17. The van der Waals surface area contributed by atoms with Crippen molar-refractivity contribution in [2.24, 2.45) is 11.7 Å². The fraction of sp³-hybridized carbons (Fsp3) is 0.400. The van der Waals surface area contributed by atoms with Crippen LogP contribution in [0.2, 0.25) is 0 Å². The van der Waals surface area contributed by atoms with Gasteiger partial charge in [0.1, 0.15) is 30.8 Å². The average Bonchev–Trinajstić information content (AvgIpc) is 3.05. The van der Waals surface area contributed by atoms with Gasteiger partial charge in [-0.1, -0.05) is 80.6 Å². The Kier molecular flexibility index (Phi) is 17.6. The van der Waals surface area contributed by atoms with Crippen molar-refractivity contribution in [1.82, 2.24) is 9.97 Å². The number of nitrogens with two attached hydrogens (primary N) is 3. The number of esters is 1. The molecule has 0 aliphatic carbocycles. The van der Waals surface area contributed by atoms with E-state index in [1.165, 1.54) is 13.8 Å². The largest absolute Gasteiger partial charge is 0.460 e. The van der Waals surface area contributed by atoms with Gasteiger partial charge in [-0.3, -0.25) is 14.6 Å². The number of hydrogen-bond donors (Lipinski definition) is 6. The van der Waals surface area contributed by atoms with Crippen molar-refractivity contribution in [3.63, 3.8) is 0 Å². The number of hydrogen-bond acceptors (Lipinski definition) is 13. The number of rotatable bonds is 14. The Morgan fingerprint density at radius 1 is 1.00 bits per heavy atom. The van der Waals surface area contributed by atoms with Crippen molar-refractivity contribution in [2.45, 2.75) is 65.6 Å². The molecule has 0 fully saturated rings. The summed E-state index contributed by atoms with van der Waals surface area (Å²) in [5, 5.41) is 18.3. The van der Waals surface area contributed by atoms with Gasteiger partial charge in [-0.2, -0.15) is 4.98 Å². The highest BCUT2D eigenvalue weighted by atomic mass is 31.1. The van der Waals surface area contributed by atoms with Crippen molar-refractivity contribution in [3.8, 4) is 5.75 Å². The maximum atomic E-state index is 11.8. The maximum Gasteiger partial charge on any atom is 0.322 e. The van der Waals surface area contributed by atoms with E-state index in [2.05, 4.69) is 23.8 Å². The van der Waals surface area contributed by atoms with Gasteiger partial charge in [0.2, 0.25) is 15.0 Å². The summed E-state index contributed by atoms with van der Waals surface area (Å²) in [6.45, 7) is 9.27. The number of nitrogen functional groups attached to an aromatic ring is 2. The number of nitrogens with one attached hydrogen (secondary N) is 1. The molecule has 50 heavy (non-hydrogen) atoms. The zero-order valence-electron chi connectivity index (χ0n) is 29.5. The van der Waals surface area contributed by atoms with Crippen LogP contribution in [0.1, 0.15) is 46.6 Å². The SMILES string of the molecule is CC(C)(O)O.CC(C)CC(COPOc1cccc2ccccc12)OCN(C)c1nc(N)[nH]c(=O)c1N.CC(N)C(=O)OCc1ccccc1. The Morgan fingerprint density at radius 2 is 1.62 bits per heavy atom. The summed E-state index contributed by atoms with van der Waals surface area (Å²) in [6, 6.07) is 22.9.